The molecule has 0 aliphatic carbocycles. The lowest BCUT2D eigenvalue weighted by atomic mass is 10.1. The van der Waals surface area contributed by atoms with Gasteiger partial charge < -0.3 is 14.2 Å². The lowest BCUT2D eigenvalue weighted by molar-refractivity contribution is 0.331. The van der Waals surface area contributed by atoms with Crippen molar-refractivity contribution in [3.63, 3.8) is 0 Å². The molecule has 0 saturated heterocycles. The minimum atomic E-state index is 0.166. The Balaban J connectivity index is 1.94. The van der Waals surface area contributed by atoms with Crippen molar-refractivity contribution in [1.82, 2.24) is 15.0 Å². The molecule has 0 bridgehead atoms. The summed E-state index contributed by atoms with van der Waals surface area (Å²) < 4.78 is 17.2. The number of aromatic nitrogens is 3. The molecule has 6 nitrogen and oxygen atoms in total. The lowest BCUT2D eigenvalue weighted by Gasteiger charge is -2.10. The molecule has 4 aromatic rings. The number of hydrogen-bond donors (Lipinski definition) is 0. The van der Waals surface area contributed by atoms with E-state index in [1.54, 1.807) is 14.2 Å². The van der Waals surface area contributed by atoms with Crippen LogP contribution in [0.15, 0.2) is 24.3 Å². The fourth-order valence-corrected chi connectivity index (χ4v) is 4.44. The number of ether oxygens (including phenoxy) is 3. The van der Waals surface area contributed by atoms with Gasteiger partial charge in [-0.1, -0.05) is 0 Å². The minimum absolute atomic E-state index is 0.166. The molecule has 0 spiro atoms. The van der Waals surface area contributed by atoms with E-state index >= 15 is 0 Å². The minimum Gasteiger partial charge on any atom is -0.493 e. The zero-order valence-electron chi connectivity index (χ0n) is 15.9. The number of rotatable bonds is 5. The Hall–Kier alpha value is -2.64. The lowest BCUT2D eigenvalue weighted by Crippen LogP contribution is -1.96. The third-order valence-electron chi connectivity index (χ3n) is 4.39. The molecule has 1 aromatic carbocycles. The van der Waals surface area contributed by atoms with Crippen LogP contribution in [-0.4, -0.2) is 35.8 Å². The van der Waals surface area contributed by atoms with E-state index in [-0.39, 0.29) is 5.28 Å². The third-order valence-corrected chi connectivity index (χ3v) is 5.62. The monoisotopic (exact) mass is 415 g/mol. The summed E-state index contributed by atoms with van der Waals surface area (Å²) in [6.45, 7) is 4.45. The number of methoxy groups -OCH3 is 2. The molecule has 3 aromatic heterocycles. The van der Waals surface area contributed by atoms with Crippen LogP contribution < -0.4 is 14.2 Å². The smallest absolute Gasteiger partial charge is 0.236 e. The summed E-state index contributed by atoms with van der Waals surface area (Å²) >= 11 is 7.62. The number of nitrogens with zero attached hydrogens (tertiary/aromatic N) is 3. The maximum Gasteiger partial charge on any atom is 0.236 e. The van der Waals surface area contributed by atoms with Gasteiger partial charge >= 0.3 is 0 Å². The molecule has 0 unspecified atom stereocenters. The van der Waals surface area contributed by atoms with Gasteiger partial charge in [0.25, 0.3) is 0 Å². The number of fused-ring (bicyclic) bond motifs is 3. The van der Waals surface area contributed by atoms with Crippen LogP contribution in [-0.2, 0) is 0 Å². The van der Waals surface area contributed by atoms with Crippen molar-refractivity contribution in [2.45, 2.75) is 13.8 Å². The molecule has 0 radical (unpaired) electrons. The fourth-order valence-electron chi connectivity index (χ4n) is 3.15. The molecule has 0 N–H and O–H groups in total. The average molecular weight is 416 g/mol. The molecule has 3 heterocycles. The normalized spacial score (nSPS) is 11.2. The van der Waals surface area contributed by atoms with E-state index in [9.17, 15) is 0 Å². The molecule has 0 aliphatic heterocycles. The number of thiophene rings is 1. The van der Waals surface area contributed by atoms with E-state index in [0.29, 0.717) is 24.0 Å². The third kappa shape index (κ3) is 3.10. The Morgan fingerprint density at radius 2 is 1.82 bits per heavy atom. The van der Waals surface area contributed by atoms with Gasteiger partial charge in [-0.3, -0.25) is 0 Å². The van der Waals surface area contributed by atoms with Gasteiger partial charge in [-0.25, -0.2) is 9.97 Å². The number of pyridine rings is 1. The highest BCUT2D eigenvalue weighted by atomic mass is 35.5. The van der Waals surface area contributed by atoms with Crippen molar-refractivity contribution in [3.05, 3.63) is 35.1 Å². The van der Waals surface area contributed by atoms with Crippen LogP contribution >= 0.6 is 22.9 Å². The Bertz CT molecular complexity index is 1190. The Labute approximate surface area is 171 Å². The maximum absolute atomic E-state index is 6.11. The van der Waals surface area contributed by atoms with Gasteiger partial charge in [-0.05, 0) is 55.3 Å². The van der Waals surface area contributed by atoms with Gasteiger partial charge in [0.15, 0.2) is 11.5 Å². The number of hydrogen-bond acceptors (Lipinski definition) is 7. The molecule has 144 valence electrons. The van der Waals surface area contributed by atoms with Crippen LogP contribution in [0.3, 0.4) is 0 Å². The van der Waals surface area contributed by atoms with Crippen molar-refractivity contribution in [3.8, 4) is 28.6 Å². The second kappa shape index (κ2) is 7.41. The molecule has 0 fully saturated rings. The largest absolute Gasteiger partial charge is 0.493 e. The molecule has 8 heteroatoms. The van der Waals surface area contributed by atoms with Crippen molar-refractivity contribution < 1.29 is 14.2 Å². The molecule has 28 heavy (non-hydrogen) atoms. The van der Waals surface area contributed by atoms with Crippen LogP contribution in [0.5, 0.6) is 17.4 Å². The van der Waals surface area contributed by atoms with Gasteiger partial charge in [0.05, 0.1) is 32.0 Å². The zero-order chi connectivity index (χ0) is 19.8. The summed E-state index contributed by atoms with van der Waals surface area (Å²) in [4.78, 5) is 14.4. The maximum atomic E-state index is 6.11. The predicted molar refractivity (Wildman–Crippen MR) is 112 cm³/mol. The summed E-state index contributed by atoms with van der Waals surface area (Å²) in [6.07, 6.45) is 0. The van der Waals surface area contributed by atoms with Crippen molar-refractivity contribution in [2.75, 3.05) is 20.8 Å². The van der Waals surface area contributed by atoms with E-state index in [2.05, 4.69) is 9.97 Å². The predicted octanol–water partition coefficient (Wildman–Crippen LogP) is 5.28. The van der Waals surface area contributed by atoms with Crippen molar-refractivity contribution in [2.24, 2.45) is 0 Å². The molecule has 4 rings (SSSR count). The van der Waals surface area contributed by atoms with Crippen LogP contribution in [0, 0.1) is 6.92 Å². The van der Waals surface area contributed by atoms with Gasteiger partial charge in [-0.2, -0.15) is 4.98 Å². The molecular formula is C20H18ClN3O3S. The fraction of sp³-hybridized carbons (Fsp3) is 0.250. The van der Waals surface area contributed by atoms with Crippen LogP contribution in [0.2, 0.25) is 5.28 Å². The first-order valence-electron chi connectivity index (χ1n) is 8.68. The van der Waals surface area contributed by atoms with Crippen LogP contribution in [0.25, 0.3) is 31.7 Å². The van der Waals surface area contributed by atoms with E-state index in [1.165, 1.54) is 11.3 Å². The summed E-state index contributed by atoms with van der Waals surface area (Å²) in [5.41, 5.74) is 3.61. The van der Waals surface area contributed by atoms with E-state index in [4.69, 9.17) is 30.8 Å². The van der Waals surface area contributed by atoms with E-state index < -0.39 is 0 Å². The first kappa shape index (κ1) is 18.7. The van der Waals surface area contributed by atoms with E-state index in [0.717, 1.165) is 37.3 Å². The zero-order valence-corrected chi connectivity index (χ0v) is 17.4. The summed E-state index contributed by atoms with van der Waals surface area (Å²) in [5, 5.41) is 1.13. The summed E-state index contributed by atoms with van der Waals surface area (Å²) in [6, 6.07) is 7.79. The Kier molecular flexibility index (Phi) is 4.95. The molecule has 0 saturated carbocycles. The van der Waals surface area contributed by atoms with Crippen molar-refractivity contribution in [1.29, 1.82) is 0 Å². The number of aryl methyl sites for hydroxylation is 1. The molecular weight excluding hydrogens is 398 g/mol. The molecule has 0 aliphatic rings. The van der Waals surface area contributed by atoms with Gasteiger partial charge in [0.1, 0.15) is 9.53 Å². The highest BCUT2D eigenvalue weighted by Gasteiger charge is 2.18. The molecule has 0 amide bonds. The average Bonchev–Trinajstić information content (AvgIpc) is 3.06. The van der Waals surface area contributed by atoms with Gasteiger partial charge in [0, 0.05) is 10.9 Å². The van der Waals surface area contributed by atoms with Gasteiger partial charge in [-0.15, -0.1) is 11.3 Å². The topological polar surface area (TPSA) is 66.4 Å². The van der Waals surface area contributed by atoms with Gasteiger partial charge in [0.2, 0.25) is 11.2 Å². The highest BCUT2D eigenvalue weighted by Crippen LogP contribution is 2.40. The SMILES string of the molecule is CCOc1nc(Cl)nc2c1sc1nc(-c3ccc(OC)c(OC)c3)cc(C)c12. The summed E-state index contributed by atoms with van der Waals surface area (Å²) in [7, 11) is 3.23. The highest BCUT2D eigenvalue weighted by molar-refractivity contribution is 7.25. The standard InChI is InChI=1S/C20H18ClN3O3S/c1-5-27-18-17-16(23-20(21)24-18)15-10(2)8-12(22-19(15)28-17)11-6-7-13(25-3)14(9-11)26-4/h6-9H,5H2,1-4H3. The number of halogens is 1. The van der Waals surface area contributed by atoms with Crippen LogP contribution in [0.1, 0.15) is 12.5 Å². The first-order chi connectivity index (χ1) is 13.5. The van der Waals surface area contributed by atoms with Crippen LogP contribution in [0.4, 0.5) is 0 Å². The van der Waals surface area contributed by atoms with Crippen molar-refractivity contribution >= 4 is 43.4 Å². The second-order valence-electron chi connectivity index (χ2n) is 6.08. The quantitative estimate of drug-likeness (QED) is 0.413. The Morgan fingerprint density at radius 3 is 2.54 bits per heavy atom. The first-order valence-corrected chi connectivity index (χ1v) is 9.87. The molecule has 0 atom stereocenters. The number of benzene rings is 1. The Morgan fingerprint density at radius 1 is 1.04 bits per heavy atom. The summed E-state index contributed by atoms with van der Waals surface area (Å²) in [5.74, 6) is 1.83. The van der Waals surface area contributed by atoms with E-state index in [1.807, 2.05) is 38.1 Å². The second-order valence-corrected chi connectivity index (χ2v) is 7.42.